The zero-order valence-electron chi connectivity index (χ0n) is 24.4. The van der Waals surface area contributed by atoms with Gasteiger partial charge in [-0.15, -0.1) is 11.3 Å². The first-order valence-electron chi connectivity index (χ1n) is 15.0. The van der Waals surface area contributed by atoms with Gasteiger partial charge in [-0.05, 0) is 73.4 Å². The van der Waals surface area contributed by atoms with Crippen LogP contribution < -0.4 is 10.1 Å². The van der Waals surface area contributed by atoms with E-state index in [-0.39, 0.29) is 42.3 Å². The Bertz CT molecular complexity index is 1540. The normalized spacial score (nSPS) is 21.3. The lowest BCUT2D eigenvalue weighted by atomic mass is 9.86. The van der Waals surface area contributed by atoms with Gasteiger partial charge in [0.15, 0.2) is 0 Å². The molecule has 0 unspecified atom stereocenters. The van der Waals surface area contributed by atoms with Crippen LogP contribution in [0, 0.1) is 5.92 Å². The van der Waals surface area contributed by atoms with Crippen molar-refractivity contribution in [2.75, 3.05) is 19.7 Å². The van der Waals surface area contributed by atoms with Crippen LogP contribution in [-0.4, -0.2) is 64.5 Å². The summed E-state index contributed by atoms with van der Waals surface area (Å²) in [4.78, 5) is 55.8. The predicted octanol–water partition coefficient (Wildman–Crippen LogP) is 4.93. The average molecular weight is 618 g/mol. The number of carbonyl (C=O) groups is 4. The molecule has 3 aliphatic rings. The molecule has 0 bridgehead atoms. The van der Waals surface area contributed by atoms with Crippen LogP contribution >= 0.6 is 11.3 Å². The Morgan fingerprint density at radius 2 is 1.91 bits per heavy atom. The molecule has 3 heterocycles. The van der Waals surface area contributed by atoms with E-state index in [2.05, 4.69) is 22.4 Å². The molecule has 2 aliphatic heterocycles. The van der Waals surface area contributed by atoms with Crippen molar-refractivity contribution in [3.05, 3.63) is 81.3 Å². The molecule has 1 aliphatic carbocycles. The monoisotopic (exact) mass is 617 g/mol. The minimum absolute atomic E-state index is 0.0733. The quantitative estimate of drug-likeness (QED) is 0.306. The summed E-state index contributed by atoms with van der Waals surface area (Å²) < 4.78 is 11.6. The Morgan fingerprint density at radius 1 is 1.11 bits per heavy atom. The van der Waals surface area contributed by atoms with E-state index in [4.69, 9.17) is 9.47 Å². The van der Waals surface area contributed by atoms with Crippen LogP contribution in [0.25, 0.3) is 0 Å². The number of piperidine rings is 1. The fourth-order valence-corrected chi connectivity index (χ4v) is 6.70. The van der Waals surface area contributed by atoms with Gasteiger partial charge in [-0.1, -0.05) is 24.3 Å². The van der Waals surface area contributed by atoms with Gasteiger partial charge in [0, 0.05) is 24.4 Å². The number of carboxylic acids is 1. The van der Waals surface area contributed by atoms with E-state index in [1.165, 1.54) is 29.7 Å². The summed E-state index contributed by atoms with van der Waals surface area (Å²) in [7, 11) is 0. The van der Waals surface area contributed by atoms with E-state index in [1.54, 1.807) is 34.0 Å². The molecule has 11 heteroatoms. The number of carbonyl (C=O) groups excluding carboxylic acids is 3. The number of hydrogen-bond donors (Lipinski definition) is 2. The second kappa shape index (κ2) is 12.8. The summed E-state index contributed by atoms with van der Waals surface area (Å²) in [5.41, 5.74) is 4.86. The van der Waals surface area contributed by atoms with Gasteiger partial charge in [0.05, 0.1) is 29.5 Å². The maximum atomic E-state index is 13.1. The zero-order valence-corrected chi connectivity index (χ0v) is 25.3. The number of carboxylic acid groups (broad SMARTS) is 1. The summed E-state index contributed by atoms with van der Waals surface area (Å²) in [5.74, 6) is -1.52. The van der Waals surface area contributed by atoms with Gasteiger partial charge < -0.3 is 24.8 Å². The number of esters is 1. The van der Waals surface area contributed by atoms with Crippen molar-refractivity contribution >= 4 is 35.1 Å². The van der Waals surface area contributed by atoms with Crippen LogP contribution in [-0.2, 0) is 14.3 Å². The lowest BCUT2D eigenvalue weighted by Gasteiger charge is -2.35. The van der Waals surface area contributed by atoms with Gasteiger partial charge >= 0.3 is 11.9 Å². The van der Waals surface area contributed by atoms with E-state index in [9.17, 15) is 24.3 Å². The molecule has 2 aromatic carbocycles. The van der Waals surface area contributed by atoms with Gasteiger partial charge in [-0.3, -0.25) is 14.4 Å². The van der Waals surface area contributed by atoms with Gasteiger partial charge in [0.25, 0.3) is 5.91 Å². The number of nitrogens with one attached hydrogen (secondary N) is 1. The van der Waals surface area contributed by atoms with E-state index in [0.717, 1.165) is 5.56 Å². The number of aromatic nitrogens is 1. The summed E-state index contributed by atoms with van der Waals surface area (Å²) in [6, 6.07) is 12.8. The first-order valence-corrected chi connectivity index (χ1v) is 16.0. The second-order valence-corrected chi connectivity index (χ2v) is 12.6. The summed E-state index contributed by atoms with van der Waals surface area (Å²) in [5, 5.41) is 14.8. The van der Waals surface area contributed by atoms with Crippen molar-refractivity contribution in [1.29, 1.82) is 0 Å². The number of aromatic carboxylic acids is 1. The Kier molecular flexibility index (Phi) is 8.65. The lowest BCUT2D eigenvalue weighted by Crippen LogP contribution is -2.42. The van der Waals surface area contributed by atoms with Gasteiger partial charge in [0.1, 0.15) is 24.2 Å². The number of ether oxygens (including phenoxy) is 2. The number of benzene rings is 2. The van der Waals surface area contributed by atoms with Crippen LogP contribution in [0.3, 0.4) is 0 Å². The van der Waals surface area contributed by atoms with Crippen molar-refractivity contribution < 1.29 is 33.8 Å². The van der Waals surface area contributed by atoms with E-state index >= 15 is 0 Å². The number of hydrogen-bond acceptors (Lipinski definition) is 8. The van der Waals surface area contributed by atoms with Crippen LogP contribution in [0.5, 0.6) is 5.75 Å². The SMILES string of the molecule is C[C@H](NC(=O)c1cscn1)[C@H](Oc1ccc(C(=O)O)c([C@@H]2CCCN(C(=O)[C@H]3COC(=O)C3)C2)c1)c1ccc(C2CC2)cc1. The molecule has 6 rings (SSSR count). The van der Waals surface area contributed by atoms with Crippen LogP contribution in [0.15, 0.2) is 53.4 Å². The molecule has 2 N–H and O–H groups in total. The molecule has 10 nitrogen and oxygen atoms in total. The first-order chi connectivity index (χ1) is 21.3. The van der Waals surface area contributed by atoms with Crippen molar-refractivity contribution in [2.24, 2.45) is 5.92 Å². The van der Waals surface area contributed by atoms with Crippen molar-refractivity contribution in [3.63, 3.8) is 0 Å². The third-order valence-electron chi connectivity index (χ3n) is 8.69. The Labute approximate surface area is 259 Å². The maximum absolute atomic E-state index is 13.1. The highest BCUT2D eigenvalue weighted by Gasteiger charge is 2.36. The largest absolute Gasteiger partial charge is 0.484 e. The van der Waals surface area contributed by atoms with Crippen molar-refractivity contribution in [3.8, 4) is 5.75 Å². The Morgan fingerprint density at radius 3 is 2.57 bits per heavy atom. The van der Waals surface area contributed by atoms with Gasteiger partial charge in [0.2, 0.25) is 5.91 Å². The van der Waals surface area contributed by atoms with E-state index in [1.807, 2.05) is 19.1 Å². The number of amides is 2. The molecule has 4 atom stereocenters. The number of likely N-dealkylation sites (tertiary alicyclic amines) is 1. The summed E-state index contributed by atoms with van der Waals surface area (Å²) >= 11 is 1.34. The third kappa shape index (κ3) is 6.62. The summed E-state index contributed by atoms with van der Waals surface area (Å²) in [6.07, 6.45) is 3.30. The molecule has 44 heavy (non-hydrogen) atoms. The molecular formula is C33H35N3O7S. The fourth-order valence-electron chi connectivity index (χ4n) is 6.17. The molecule has 230 valence electrons. The third-order valence-corrected chi connectivity index (χ3v) is 9.28. The average Bonchev–Trinajstić information content (AvgIpc) is 3.54. The number of rotatable bonds is 10. The summed E-state index contributed by atoms with van der Waals surface area (Å²) in [6.45, 7) is 2.86. The lowest BCUT2D eigenvalue weighted by molar-refractivity contribution is -0.138. The molecular weight excluding hydrogens is 582 g/mol. The van der Waals surface area contributed by atoms with Crippen LogP contribution in [0.2, 0.25) is 0 Å². The van der Waals surface area contributed by atoms with Crippen LogP contribution in [0.4, 0.5) is 0 Å². The smallest absolute Gasteiger partial charge is 0.335 e. The maximum Gasteiger partial charge on any atom is 0.335 e. The predicted molar refractivity (Wildman–Crippen MR) is 162 cm³/mol. The molecule has 1 aromatic heterocycles. The number of cyclic esters (lactones) is 1. The standard InChI is InChI=1S/C33H35N3O7S/c1-19(35-31(38)28-17-44-18-34-28)30(22-8-6-21(7-9-22)20-4-5-20)43-25-10-11-26(33(40)41)27(14-25)23-3-2-12-36(15-23)32(39)24-13-29(37)42-16-24/h6-11,14,17-20,23-24,30H,2-5,12-13,15-16H2,1H3,(H,35,38)(H,40,41)/t19-,23+,24+,30-/m0/s1. The highest BCUT2D eigenvalue weighted by molar-refractivity contribution is 7.07. The molecule has 2 saturated heterocycles. The molecule has 3 fully saturated rings. The van der Waals surface area contributed by atoms with Crippen molar-refractivity contribution in [2.45, 2.75) is 63.0 Å². The molecule has 0 spiro atoms. The minimum atomic E-state index is -1.05. The number of nitrogens with zero attached hydrogens (tertiary/aromatic N) is 2. The minimum Gasteiger partial charge on any atom is -0.484 e. The first kappa shape index (κ1) is 29.8. The molecule has 2 amide bonds. The highest BCUT2D eigenvalue weighted by atomic mass is 32.1. The fraction of sp³-hybridized carbons (Fsp3) is 0.424. The van der Waals surface area contributed by atoms with E-state index < -0.39 is 24.0 Å². The van der Waals surface area contributed by atoms with E-state index in [0.29, 0.717) is 48.9 Å². The molecule has 0 radical (unpaired) electrons. The van der Waals surface area contributed by atoms with Crippen molar-refractivity contribution in [1.82, 2.24) is 15.2 Å². The molecule has 1 saturated carbocycles. The van der Waals surface area contributed by atoms with Crippen LogP contribution in [0.1, 0.15) is 94.5 Å². The zero-order chi connectivity index (χ0) is 30.8. The highest BCUT2D eigenvalue weighted by Crippen LogP contribution is 2.41. The Hall–Kier alpha value is -4.25. The number of thiazole rings is 1. The van der Waals surface area contributed by atoms with Gasteiger partial charge in [-0.25, -0.2) is 9.78 Å². The topological polar surface area (TPSA) is 135 Å². The second-order valence-electron chi connectivity index (χ2n) is 11.9. The molecule has 3 aromatic rings. The Balaban J connectivity index is 1.26. The van der Waals surface area contributed by atoms with Gasteiger partial charge in [-0.2, -0.15) is 0 Å².